The smallest absolute Gasteiger partial charge is 0.338 e. The Kier molecular flexibility index (Phi) is 6.81. The molecule has 1 heterocycles. The number of benzene rings is 2. The fraction of sp³-hybridized carbons (Fsp3) is 0.304. The molecule has 0 aliphatic carbocycles. The quantitative estimate of drug-likeness (QED) is 0.397. The Bertz CT molecular complexity index is 1030. The number of carbonyl (C=O) groups is 4. The van der Waals surface area contributed by atoms with Crippen molar-refractivity contribution in [1.82, 2.24) is 4.90 Å². The molecule has 0 atom stereocenters. The van der Waals surface area contributed by atoms with E-state index in [1.54, 1.807) is 7.11 Å². The van der Waals surface area contributed by atoms with Gasteiger partial charge in [0.1, 0.15) is 0 Å². The van der Waals surface area contributed by atoms with Gasteiger partial charge in [-0.25, -0.2) is 4.79 Å². The van der Waals surface area contributed by atoms with Crippen LogP contribution in [0.2, 0.25) is 0 Å². The lowest BCUT2D eigenvalue weighted by molar-refractivity contribution is -0.119. The number of methoxy groups -OCH3 is 1. The summed E-state index contributed by atoms with van der Waals surface area (Å²) >= 11 is 0. The first kappa shape index (κ1) is 22.2. The maximum atomic E-state index is 12.6. The van der Waals surface area contributed by atoms with E-state index < -0.39 is 30.3 Å². The molecule has 31 heavy (non-hydrogen) atoms. The van der Waals surface area contributed by atoms with Crippen molar-refractivity contribution in [3.05, 3.63) is 64.2 Å². The van der Waals surface area contributed by atoms with E-state index in [0.29, 0.717) is 18.7 Å². The Morgan fingerprint density at radius 1 is 1.00 bits per heavy atom. The highest BCUT2D eigenvalue weighted by atomic mass is 16.5. The van der Waals surface area contributed by atoms with Crippen molar-refractivity contribution in [1.29, 1.82) is 0 Å². The molecule has 8 nitrogen and oxygen atoms in total. The Labute approximate surface area is 180 Å². The van der Waals surface area contributed by atoms with E-state index in [4.69, 9.17) is 9.47 Å². The van der Waals surface area contributed by atoms with E-state index in [9.17, 15) is 19.2 Å². The second-order valence-electron chi connectivity index (χ2n) is 7.26. The monoisotopic (exact) mass is 424 g/mol. The van der Waals surface area contributed by atoms with Crippen molar-refractivity contribution in [2.75, 3.05) is 32.2 Å². The van der Waals surface area contributed by atoms with Crippen molar-refractivity contribution >= 4 is 29.4 Å². The third kappa shape index (κ3) is 4.80. The fourth-order valence-electron chi connectivity index (χ4n) is 3.39. The van der Waals surface area contributed by atoms with Crippen LogP contribution in [-0.2, 0) is 14.3 Å². The molecule has 0 saturated carbocycles. The van der Waals surface area contributed by atoms with Crippen LogP contribution in [0, 0.1) is 13.8 Å². The molecule has 0 saturated heterocycles. The van der Waals surface area contributed by atoms with Gasteiger partial charge in [-0.05, 0) is 49.6 Å². The Morgan fingerprint density at radius 3 is 2.35 bits per heavy atom. The molecule has 0 aromatic heterocycles. The highest BCUT2D eigenvalue weighted by molar-refractivity contribution is 6.22. The van der Waals surface area contributed by atoms with Crippen molar-refractivity contribution in [2.24, 2.45) is 0 Å². The lowest BCUT2D eigenvalue weighted by Crippen LogP contribution is -2.31. The molecule has 1 aliphatic rings. The van der Waals surface area contributed by atoms with Gasteiger partial charge in [0.05, 0.1) is 16.7 Å². The predicted molar refractivity (Wildman–Crippen MR) is 113 cm³/mol. The highest BCUT2D eigenvalue weighted by Crippen LogP contribution is 2.25. The van der Waals surface area contributed by atoms with Gasteiger partial charge in [0.2, 0.25) is 0 Å². The number of carbonyl (C=O) groups excluding carboxylic acids is 4. The van der Waals surface area contributed by atoms with Crippen LogP contribution in [-0.4, -0.2) is 55.5 Å². The minimum absolute atomic E-state index is 0.0958. The SMILES string of the molecule is COCCCN1C(=O)c2ccc(C(=O)OCC(=O)Nc3c(C)cccc3C)cc2C1=O. The fourth-order valence-corrected chi connectivity index (χ4v) is 3.39. The second kappa shape index (κ2) is 9.53. The first-order valence-electron chi connectivity index (χ1n) is 9.86. The molecule has 0 spiro atoms. The zero-order chi connectivity index (χ0) is 22.5. The molecule has 3 amide bonds. The first-order valence-corrected chi connectivity index (χ1v) is 9.86. The molecule has 162 valence electrons. The van der Waals surface area contributed by atoms with Gasteiger partial charge in [0, 0.05) is 25.9 Å². The van der Waals surface area contributed by atoms with Gasteiger partial charge in [-0.2, -0.15) is 0 Å². The van der Waals surface area contributed by atoms with Gasteiger partial charge >= 0.3 is 5.97 Å². The van der Waals surface area contributed by atoms with E-state index in [1.807, 2.05) is 32.0 Å². The third-order valence-corrected chi connectivity index (χ3v) is 5.02. The van der Waals surface area contributed by atoms with Gasteiger partial charge in [-0.3, -0.25) is 19.3 Å². The van der Waals surface area contributed by atoms with Gasteiger partial charge < -0.3 is 14.8 Å². The molecule has 0 fully saturated rings. The minimum atomic E-state index is -0.752. The normalized spacial score (nSPS) is 12.7. The van der Waals surface area contributed by atoms with E-state index >= 15 is 0 Å². The molecular weight excluding hydrogens is 400 g/mol. The number of rotatable bonds is 8. The summed E-state index contributed by atoms with van der Waals surface area (Å²) in [5.74, 6) is -2.08. The Hall–Kier alpha value is -3.52. The molecule has 2 aromatic carbocycles. The van der Waals surface area contributed by atoms with Crippen LogP contribution < -0.4 is 5.32 Å². The number of nitrogens with one attached hydrogen (secondary N) is 1. The number of esters is 1. The van der Waals surface area contributed by atoms with Crippen LogP contribution in [0.4, 0.5) is 5.69 Å². The van der Waals surface area contributed by atoms with Crippen LogP contribution in [0.25, 0.3) is 0 Å². The minimum Gasteiger partial charge on any atom is -0.452 e. The van der Waals surface area contributed by atoms with E-state index in [1.165, 1.54) is 18.2 Å². The number of aryl methyl sites for hydroxylation is 2. The van der Waals surface area contributed by atoms with Crippen molar-refractivity contribution < 1.29 is 28.7 Å². The van der Waals surface area contributed by atoms with E-state index in [2.05, 4.69) is 5.32 Å². The molecule has 0 bridgehead atoms. The molecular formula is C23H24N2O6. The number of nitrogens with zero attached hydrogens (tertiary/aromatic N) is 1. The van der Waals surface area contributed by atoms with Crippen LogP contribution >= 0.6 is 0 Å². The molecule has 0 unspecified atom stereocenters. The lowest BCUT2D eigenvalue weighted by Gasteiger charge is -2.12. The highest BCUT2D eigenvalue weighted by Gasteiger charge is 2.35. The van der Waals surface area contributed by atoms with Gasteiger partial charge in [0.15, 0.2) is 6.61 Å². The maximum absolute atomic E-state index is 12.6. The molecule has 3 rings (SSSR count). The summed E-state index contributed by atoms with van der Waals surface area (Å²) in [6.45, 7) is 3.93. The summed E-state index contributed by atoms with van der Waals surface area (Å²) < 4.78 is 10.0. The molecule has 2 aromatic rings. The van der Waals surface area contributed by atoms with Gasteiger partial charge in [-0.15, -0.1) is 0 Å². The van der Waals surface area contributed by atoms with Crippen LogP contribution in [0.5, 0.6) is 0 Å². The lowest BCUT2D eigenvalue weighted by atomic mass is 10.1. The van der Waals surface area contributed by atoms with Gasteiger partial charge in [0.25, 0.3) is 17.7 Å². The third-order valence-electron chi connectivity index (χ3n) is 5.02. The standard InChI is InChI=1S/C23H24N2O6/c1-14-6-4-7-15(2)20(14)24-19(26)13-31-23(29)16-8-9-17-18(12-16)22(28)25(21(17)27)10-5-11-30-3/h4,6-9,12H,5,10-11,13H2,1-3H3,(H,24,26). The van der Waals surface area contributed by atoms with Crippen molar-refractivity contribution in [2.45, 2.75) is 20.3 Å². The van der Waals surface area contributed by atoms with Crippen LogP contribution in [0.15, 0.2) is 36.4 Å². The number of hydrogen-bond acceptors (Lipinski definition) is 6. The summed E-state index contributed by atoms with van der Waals surface area (Å²) in [4.78, 5) is 50.7. The topological polar surface area (TPSA) is 102 Å². The number of anilines is 1. The Balaban J connectivity index is 1.63. The zero-order valence-electron chi connectivity index (χ0n) is 17.7. The predicted octanol–water partition coefficient (Wildman–Crippen LogP) is 2.73. The summed E-state index contributed by atoms with van der Waals surface area (Å²) in [5.41, 5.74) is 2.97. The number of imide groups is 1. The summed E-state index contributed by atoms with van der Waals surface area (Å²) in [6, 6.07) is 9.80. The molecule has 0 radical (unpaired) electrons. The maximum Gasteiger partial charge on any atom is 0.338 e. The second-order valence-corrected chi connectivity index (χ2v) is 7.26. The average Bonchev–Trinajstić information content (AvgIpc) is 2.99. The van der Waals surface area contributed by atoms with Gasteiger partial charge in [-0.1, -0.05) is 18.2 Å². The number of ether oxygens (including phenoxy) is 2. The average molecular weight is 424 g/mol. The zero-order valence-corrected chi connectivity index (χ0v) is 17.7. The molecule has 1 aliphatic heterocycles. The van der Waals surface area contributed by atoms with Crippen molar-refractivity contribution in [3.8, 4) is 0 Å². The number of amides is 3. The number of fused-ring (bicyclic) bond motifs is 1. The van der Waals surface area contributed by atoms with Crippen LogP contribution in [0.1, 0.15) is 48.6 Å². The first-order chi connectivity index (χ1) is 14.8. The number of para-hydroxylation sites is 1. The van der Waals surface area contributed by atoms with Crippen LogP contribution in [0.3, 0.4) is 0 Å². The van der Waals surface area contributed by atoms with E-state index in [0.717, 1.165) is 16.0 Å². The van der Waals surface area contributed by atoms with Crippen molar-refractivity contribution in [3.63, 3.8) is 0 Å². The summed E-state index contributed by atoms with van der Waals surface area (Å²) in [7, 11) is 1.54. The molecule has 8 heteroatoms. The summed E-state index contributed by atoms with van der Waals surface area (Å²) in [6.07, 6.45) is 0.520. The molecule has 1 N–H and O–H groups in total. The van der Waals surface area contributed by atoms with E-state index in [-0.39, 0.29) is 23.2 Å². The Morgan fingerprint density at radius 2 is 1.68 bits per heavy atom. The largest absolute Gasteiger partial charge is 0.452 e. The number of hydrogen-bond donors (Lipinski definition) is 1. The summed E-state index contributed by atoms with van der Waals surface area (Å²) in [5, 5.41) is 2.74.